The molecule has 1 aliphatic heterocycles. The van der Waals surface area contributed by atoms with Gasteiger partial charge >= 0.3 is 0 Å². The first kappa shape index (κ1) is 22.4. The van der Waals surface area contributed by atoms with Crippen molar-refractivity contribution in [1.82, 2.24) is 10.2 Å². The number of carbonyl (C=O) groups is 1. The van der Waals surface area contributed by atoms with Crippen molar-refractivity contribution in [3.63, 3.8) is 0 Å². The molecule has 0 radical (unpaired) electrons. The van der Waals surface area contributed by atoms with Gasteiger partial charge in [-0.2, -0.15) is 0 Å². The standard InChI is InChI=1S/C19H30N2O4.ClH/c1-5-23-16-12-14(13-17(24-6-2)18(16)25-7-3)19(22)21(4)15-8-10-20-11-9-15;/h12-13,15,20H,5-11H2,1-4H3;1H. The lowest BCUT2D eigenvalue weighted by Crippen LogP contribution is -2.43. The summed E-state index contributed by atoms with van der Waals surface area (Å²) >= 11 is 0. The summed E-state index contributed by atoms with van der Waals surface area (Å²) in [5, 5.41) is 3.33. The predicted molar refractivity (Wildman–Crippen MR) is 105 cm³/mol. The fraction of sp³-hybridized carbons (Fsp3) is 0.632. The van der Waals surface area contributed by atoms with Crippen molar-refractivity contribution in [2.75, 3.05) is 40.0 Å². The van der Waals surface area contributed by atoms with E-state index in [1.165, 1.54) is 0 Å². The van der Waals surface area contributed by atoms with Crippen LogP contribution in [0.3, 0.4) is 0 Å². The van der Waals surface area contributed by atoms with E-state index in [9.17, 15) is 4.79 Å². The van der Waals surface area contributed by atoms with E-state index >= 15 is 0 Å². The zero-order valence-electron chi connectivity index (χ0n) is 16.2. The molecule has 0 aromatic heterocycles. The normalized spacial score (nSPS) is 14.3. The van der Waals surface area contributed by atoms with E-state index in [-0.39, 0.29) is 24.4 Å². The first-order valence-electron chi connectivity index (χ1n) is 9.16. The van der Waals surface area contributed by atoms with Crippen molar-refractivity contribution < 1.29 is 19.0 Å². The summed E-state index contributed by atoms with van der Waals surface area (Å²) in [4.78, 5) is 14.8. The van der Waals surface area contributed by atoms with Crippen LogP contribution in [0, 0.1) is 0 Å². The largest absolute Gasteiger partial charge is 0.490 e. The Balaban J connectivity index is 0.00000338. The lowest BCUT2D eigenvalue weighted by atomic mass is 10.0. The fourth-order valence-electron chi connectivity index (χ4n) is 3.08. The van der Waals surface area contributed by atoms with Gasteiger partial charge in [0.05, 0.1) is 19.8 Å². The second kappa shape index (κ2) is 11.1. The van der Waals surface area contributed by atoms with E-state index in [4.69, 9.17) is 14.2 Å². The molecule has 1 N–H and O–H groups in total. The Morgan fingerprint density at radius 1 is 1.04 bits per heavy atom. The quantitative estimate of drug-likeness (QED) is 0.743. The number of carbonyl (C=O) groups excluding carboxylic acids is 1. The summed E-state index contributed by atoms with van der Waals surface area (Å²) < 4.78 is 17.1. The average Bonchev–Trinajstić information content (AvgIpc) is 2.64. The minimum atomic E-state index is -0.0168. The van der Waals surface area contributed by atoms with Crippen molar-refractivity contribution in [3.8, 4) is 17.2 Å². The summed E-state index contributed by atoms with van der Waals surface area (Å²) in [7, 11) is 1.87. The molecule has 1 aliphatic rings. The topological polar surface area (TPSA) is 60.0 Å². The summed E-state index contributed by atoms with van der Waals surface area (Å²) in [6.07, 6.45) is 1.94. The van der Waals surface area contributed by atoms with Crippen molar-refractivity contribution in [2.45, 2.75) is 39.7 Å². The summed E-state index contributed by atoms with van der Waals surface area (Å²) in [5.74, 6) is 1.65. The third-order valence-electron chi connectivity index (χ3n) is 4.33. The molecule has 1 saturated heterocycles. The maximum Gasteiger partial charge on any atom is 0.254 e. The summed E-state index contributed by atoms with van der Waals surface area (Å²) in [6, 6.07) is 3.78. The van der Waals surface area contributed by atoms with Gasteiger partial charge in [-0.1, -0.05) is 0 Å². The summed E-state index contributed by atoms with van der Waals surface area (Å²) in [6.45, 7) is 9.11. The van der Waals surface area contributed by atoms with Gasteiger partial charge in [0, 0.05) is 18.7 Å². The molecule has 1 heterocycles. The maximum atomic E-state index is 13.0. The molecule has 2 rings (SSSR count). The van der Waals surface area contributed by atoms with Crippen LogP contribution in [-0.2, 0) is 0 Å². The predicted octanol–water partition coefficient (Wildman–Crippen LogP) is 3.13. The Bertz CT molecular complexity index is 550. The fourth-order valence-corrected chi connectivity index (χ4v) is 3.08. The lowest BCUT2D eigenvalue weighted by molar-refractivity contribution is 0.0702. The zero-order chi connectivity index (χ0) is 18.2. The van der Waals surface area contributed by atoms with Gasteiger partial charge in [-0.15, -0.1) is 12.4 Å². The van der Waals surface area contributed by atoms with E-state index in [0.717, 1.165) is 25.9 Å². The minimum absolute atomic E-state index is 0. The monoisotopic (exact) mass is 386 g/mol. The Morgan fingerprint density at radius 3 is 2.00 bits per heavy atom. The number of piperidine rings is 1. The third-order valence-corrected chi connectivity index (χ3v) is 4.33. The van der Waals surface area contributed by atoms with Crippen LogP contribution < -0.4 is 19.5 Å². The Morgan fingerprint density at radius 2 is 1.54 bits per heavy atom. The minimum Gasteiger partial charge on any atom is -0.490 e. The second-order valence-corrected chi connectivity index (χ2v) is 6.00. The highest BCUT2D eigenvalue weighted by Gasteiger charge is 2.25. The number of hydrogen-bond acceptors (Lipinski definition) is 5. The molecule has 0 unspecified atom stereocenters. The highest BCUT2D eigenvalue weighted by Crippen LogP contribution is 2.39. The average molecular weight is 387 g/mol. The lowest BCUT2D eigenvalue weighted by Gasteiger charge is -2.32. The van der Waals surface area contributed by atoms with Gasteiger partial charge in [0.1, 0.15) is 0 Å². The van der Waals surface area contributed by atoms with Crippen LogP contribution in [0.1, 0.15) is 44.0 Å². The maximum absolute atomic E-state index is 13.0. The van der Waals surface area contributed by atoms with Crippen molar-refractivity contribution in [1.29, 1.82) is 0 Å². The van der Waals surface area contributed by atoms with E-state index in [0.29, 0.717) is 42.6 Å². The smallest absolute Gasteiger partial charge is 0.254 e. The molecule has 1 aromatic rings. The molecule has 0 aliphatic carbocycles. The van der Waals surface area contributed by atoms with E-state index in [1.807, 2.05) is 32.7 Å². The van der Waals surface area contributed by atoms with Crippen LogP contribution in [0.2, 0.25) is 0 Å². The number of amides is 1. The molecule has 0 spiro atoms. The number of halogens is 1. The first-order valence-corrected chi connectivity index (χ1v) is 9.16. The van der Waals surface area contributed by atoms with E-state index < -0.39 is 0 Å². The molecule has 1 fully saturated rings. The second-order valence-electron chi connectivity index (χ2n) is 6.00. The SMILES string of the molecule is CCOc1cc(C(=O)N(C)C2CCNCC2)cc(OCC)c1OCC.Cl. The number of benzene rings is 1. The van der Waals surface area contributed by atoms with E-state index in [2.05, 4.69) is 5.32 Å². The first-order chi connectivity index (χ1) is 12.1. The molecule has 1 aromatic carbocycles. The molecule has 0 atom stereocenters. The molecule has 26 heavy (non-hydrogen) atoms. The molecule has 0 bridgehead atoms. The van der Waals surface area contributed by atoms with Crippen LogP contribution in [0.5, 0.6) is 17.2 Å². The van der Waals surface area contributed by atoms with Crippen LogP contribution in [0.25, 0.3) is 0 Å². The van der Waals surface area contributed by atoms with Gasteiger partial charge < -0.3 is 24.4 Å². The number of nitrogens with one attached hydrogen (secondary N) is 1. The molecular weight excluding hydrogens is 356 g/mol. The molecule has 7 heteroatoms. The van der Waals surface area contributed by atoms with Crippen molar-refractivity contribution in [2.24, 2.45) is 0 Å². The van der Waals surface area contributed by atoms with E-state index in [1.54, 1.807) is 12.1 Å². The molecule has 148 valence electrons. The summed E-state index contributed by atoms with van der Waals surface area (Å²) in [5.41, 5.74) is 0.566. The Hall–Kier alpha value is -1.66. The number of ether oxygens (including phenoxy) is 3. The molecule has 1 amide bonds. The van der Waals surface area contributed by atoms with Gasteiger partial charge in [-0.3, -0.25) is 4.79 Å². The van der Waals surface area contributed by atoms with Gasteiger partial charge in [0.2, 0.25) is 5.75 Å². The van der Waals surface area contributed by atoms with Crippen LogP contribution >= 0.6 is 12.4 Å². The van der Waals surface area contributed by atoms with Crippen LogP contribution in [0.4, 0.5) is 0 Å². The Kier molecular flexibility index (Phi) is 9.59. The number of nitrogens with zero attached hydrogens (tertiary/aromatic N) is 1. The molecular formula is C19H31ClN2O4. The molecule has 6 nitrogen and oxygen atoms in total. The van der Waals surface area contributed by atoms with Gasteiger partial charge in [0.25, 0.3) is 5.91 Å². The number of hydrogen-bond donors (Lipinski definition) is 1. The van der Waals surface area contributed by atoms with Gasteiger partial charge in [-0.05, 0) is 58.8 Å². The van der Waals surface area contributed by atoms with Crippen LogP contribution in [-0.4, -0.2) is 56.8 Å². The zero-order valence-corrected chi connectivity index (χ0v) is 17.0. The van der Waals surface area contributed by atoms with Crippen molar-refractivity contribution in [3.05, 3.63) is 17.7 Å². The van der Waals surface area contributed by atoms with Crippen LogP contribution in [0.15, 0.2) is 12.1 Å². The highest BCUT2D eigenvalue weighted by molar-refractivity contribution is 5.95. The van der Waals surface area contributed by atoms with Crippen molar-refractivity contribution >= 4 is 18.3 Å². The van der Waals surface area contributed by atoms with Gasteiger partial charge in [0.15, 0.2) is 11.5 Å². The van der Waals surface area contributed by atoms with Gasteiger partial charge in [-0.25, -0.2) is 0 Å². The molecule has 0 saturated carbocycles. The Labute approximate surface area is 162 Å². The third kappa shape index (κ3) is 5.42. The number of rotatable bonds is 8. The highest BCUT2D eigenvalue weighted by atomic mass is 35.5.